The predicted octanol–water partition coefficient (Wildman–Crippen LogP) is 14.2. The van der Waals surface area contributed by atoms with Crippen LogP contribution in [0.4, 0.5) is 0 Å². The van der Waals surface area contributed by atoms with Gasteiger partial charge in [0.1, 0.15) is 0 Å². The standard InChI is InChI=1S/C58H37N3/c1-3-17-39(18-4-1)43-21-7-9-26-49(43)56-59-55(60-57(61-56)50-27-10-8-22-44(50)40-19-5-2-6-20-40)41-33-31-38(32-34-41)42-35-36-48-47-25-13-16-30-53(47)58(54(48)37-42)51-28-14-11-23-45(51)46-24-12-15-29-52(46)58/h1-37H. The van der Waals surface area contributed by atoms with Crippen LogP contribution in [0.2, 0.25) is 0 Å². The van der Waals surface area contributed by atoms with Crippen molar-refractivity contribution in [1.82, 2.24) is 15.0 Å². The fraction of sp³-hybridized carbons (Fsp3) is 0.0172. The molecule has 0 bridgehead atoms. The average Bonchev–Trinajstić information content (AvgIpc) is 3.81. The Hall–Kier alpha value is -8.01. The number of aromatic nitrogens is 3. The molecule has 0 radical (unpaired) electrons. The number of benzene rings is 9. The number of hydrogen-bond donors (Lipinski definition) is 0. The van der Waals surface area contributed by atoms with Crippen LogP contribution in [0.25, 0.3) is 89.8 Å². The normalized spacial score (nSPS) is 12.7. The van der Waals surface area contributed by atoms with Gasteiger partial charge in [-0.25, -0.2) is 15.0 Å². The molecule has 0 N–H and O–H groups in total. The lowest BCUT2D eigenvalue weighted by Crippen LogP contribution is -2.25. The maximum Gasteiger partial charge on any atom is 0.164 e. The lowest BCUT2D eigenvalue weighted by molar-refractivity contribution is 0.794. The monoisotopic (exact) mass is 775 g/mol. The SMILES string of the molecule is c1ccc(-c2ccccc2-c2nc(-c3ccc(-c4ccc5c(c4)C4(c6ccccc6-c6ccccc64)c4ccccc4-5)cc3)nc(-c3ccccc3-c3ccccc3)n2)cc1. The summed E-state index contributed by atoms with van der Waals surface area (Å²) >= 11 is 0. The molecule has 0 unspecified atom stereocenters. The van der Waals surface area contributed by atoms with E-state index in [4.69, 9.17) is 15.0 Å². The Balaban J connectivity index is 0.999. The van der Waals surface area contributed by atoms with Gasteiger partial charge in [-0.1, -0.05) is 218 Å². The zero-order chi connectivity index (χ0) is 40.3. The van der Waals surface area contributed by atoms with E-state index in [0.717, 1.165) is 44.5 Å². The zero-order valence-electron chi connectivity index (χ0n) is 33.2. The first-order valence-corrected chi connectivity index (χ1v) is 20.9. The third-order valence-corrected chi connectivity index (χ3v) is 12.6. The Morgan fingerprint density at radius 3 is 1.03 bits per heavy atom. The first-order chi connectivity index (χ1) is 30.3. The summed E-state index contributed by atoms with van der Waals surface area (Å²) in [5.74, 6) is 1.89. The van der Waals surface area contributed by atoms with Gasteiger partial charge < -0.3 is 0 Å². The molecule has 0 saturated carbocycles. The molecule has 0 fully saturated rings. The number of rotatable bonds is 6. The van der Waals surface area contributed by atoms with Crippen LogP contribution in [0.1, 0.15) is 22.3 Å². The quantitative estimate of drug-likeness (QED) is 0.169. The van der Waals surface area contributed by atoms with Crippen LogP contribution in [0.5, 0.6) is 0 Å². The van der Waals surface area contributed by atoms with E-state index in [1.54, 1.807) is 0 Å². The van der Waals surface area contributed by atoms with Crippen molar-refractivity contribution in [2.75, 3.05) is 0 Å². The van der Waals surface area contributed by atoms with Crippen LogP contribution in [0.15, 0.2) is 224 Å². The molecule has 9 aromatic carbocycles. The van der Waals surface area contributed by atoms with Crippen molar-refractivity contribution in [3.8, 4) is 89.8 Å². The van der Waals surface area contributed by atoms with Gasteiger partial charge in [0, 0.05) is 16.7 Å². The van der Waals surface area contributed by atoms with Gasteiger partial charge in [-0.2, -0.15) is 0 Å². The van der Waals surface area contributed by atoms with Gasteiger partial charge in [0.2, 0.25) is 0 Å². The first kappa shape index (κ1) is 35.0. The Kier molecular flexibility index (Phi) is 8.07. The summed E-state index contributed by atoms with van der Waals surface area (Å²) in [4.78, 5) is 15.7. The Morgan fingerprint density at radius 1 is 0.213 bits per heavy atom. The van der Waals surface area contributed by atoms with Gasteiger partial charge in [0.05, 0.1) is 5.41 Å². The minimum atomic E-state index is -0.390. The van der Waals surface area contributed by atoms with E-state index >= 15 is 0 Å². The molecule has 0 amide bonds. The largest absolute Gasteiger partial charge is 0.208 e. The second-order valence-electron chi connectivity index (χ2n) is 15.9. The highest BCUT2D eigenvalue weighted by Gasteiger charge is 2.51. The van der Waals surface area contributed by atoms with Crippen LogP contribution in [0.3, 0.4) is 0 Å². The molecule has 0 aliphatic heterocycles. The highest BCUT2D eigenvalue weighted by molar-refractivity contribution is 5.96. The summed E-state index contributed by atoms with van der Waals surface area (Å²) in [7, 11) is 0. The fourth-order valence-corrected chi connectivity index (χ4v) is 9.93. The van der Waals surface area contributed by atoms with Crippen LogP contribution >= 0.6 is 0 Å². The van der Waals surface area contributed by atoms with Gasteiger partial charge in [-0.15, -0.1) is 0 Å². The summed E-state index contributed by atoms with van der Waals surface area (Å²) < 4.78 is 0. The zero-order valence-corrected chi connectivity index (χ0v) is 33.2. The summed E-state index contributed by atoms with van der Waals surface area (Å²) in [6.07, 6.45) is 0. The van der Waals surface area contributed by atoms with E-state index < -0.39 is 5.41 Å². The molecule has 2 aliphatic rings. The molecule has 0 atom stereocenters. The van der Waals surface area contributed by atoms with Crippen LogP contribution in [-0.4, -0.2) is 15.0 Å². The van der Waals surface area contributed by atoms with E-state index in [0.29, 0.717) is 17.5 Å². The van der Waals surface area contributed by atoms with Crippen molar-refractivity contribution < 1.29 is 0 Å². The molecule has 10 aromatic rings. The predicted molar refractivity (Wildman–Crippen MR) is 249 cm³/mol. The molecule has 0 saturated heterocycles. The van der Waals surface area contributed by atoms with Crippen molar-refractivity contribution in [1.29, 1.82) is 0 Å². The van der Waals surface area contributed by atoms with E-state index in [1.807, 2.05) is 12.1 Å². The number of nitrogens with zero attached hydrogens (tertiary/aromatic N) is 3. The maximum atomic E-state index is 5.23. The van der Waals surface area contributed by atoms with E-state index in [-0.39, 0.29) is 0 Å². The maximum absolute atomic E-state index is 5.23. The van der Waals surface area contributed by atoms with Crippen molar-refractivity contribution in [3.63, 3.8) is 0 Å². The molecule has 284 valence electrons. The van der Waals surface area contributed by atoms with Gasteiger partial charge in [0.25, 0.3) is 0 Å². The minimum absolute atomic E-state index is 0.390. The van der Waals surface area contributed by atoms with Gasteiger partial charge in [0.15, 0.2) is 17.5 Å². The molecule has 1 aromatic heterocycles. The van der Waals surface area contributed by atoms with Crippen LogP contribution in [-0.2, 0) is 5.41 Å². The topological polar surface area (TPSA) is 38.7 Å². The Bertz CT molecular complexity index is 3130. The highest BCUT2D eigenvalue weighted by Crippen LogP contribution is 2.63. The van der Waals surface area contributed by atoms with E-state index in [2.05, 4.69) is 212 Å². The summed E-state index contributed by atoms with van der Waals surface area (Å²) in [6.45, 7) is 0. The molecule has 1 heterocycles. The summed E-state index contributed by atoms with van der Waals surface area (Å²) in [6, 6.07) is 80.3. The van der Waals surface area contributed by atoms with Crippen molar-refractivity contribution in [3.05, 3.63) is 247 Å². The smallest absolute Gasteiger partial charge is 0.164 e. The Morgan fingerprint density at radius 2 is 0.557 bits per heavy atom. The minimum Gasteiger partial charge on any atom is -0.208 e. The lowest BCUT2D eigenvalue weighted by atomic mass is 9.70. The van der Waals surface area contributed by atoms with Crippen LogP contribution in [0, 0.1) is 0 Å². The molecule has 61 heavy (non-hydrogen) atoms. The lowest BCUT2D eigenvalue weighted by Gasteiger charge is -2.30. The van der Waals surface area contributed by atoms with Crippen LogP contribution < -0.4 is 0 Å². The number of fused-ring (bicyclic) bond motifs is 10. The Labute approximate surface area is 355 Å². The van der Waals surface area contributed by atoms with Crippen molar-refractivity contribution in [2.24, 2.45) is 0 Å². The third kappa shape index (κ3) is 5.48. The van der Waals surface area contributed by atoms with Gasteiger partial charge in [-0.05, 0) is 84.0 Å². The fourth-order valence-electron chi connectivity index (χ4n) is 9.93. The van der Waals surface area contributed by atoms with Crippen molar-refractivity contribution in [2.45, 2.75) is 5.41 Å². The van der Waals surface area contributed by atoms with Gasteiger partial charge >= 0.3 is 0 Å². The molecule has 3 nitrogen and oxygen atoms in total. The molecule has 1 spiro atoms. The molecular weight excluding hydrogens is 739 g/mol. The van der Waals surface area contributed by atoms with E-state index in [1.165, 1.54) is 50.1 Å². The summed E-state index contributed by atoms with van der Waals surface area (Å²) in [5.41, 5.74) is 19.7. The molecular formula is C58H37N3. The van der Waals surface area contributed by atoms with Crippen molar-refractivity contribution >= 4 is 0 Å². The van der Waals surface area contributed by atoms with E-state index in [9.17, 15) is 0 Å². The molecule has 2 aliphatic carbocycles. The first-order valence-electron chi connectivity index (χ1n) is 20.9. The summed E-state index contributed by atoms with van der Waals surface area (Å²) in [5, 5.41) is 0. The second kappa shape index (κ2) is 14.1. The molecule has 3 heteroatoms. The van der Waals surface area contributed by atoms with Gasteiger partial charge in [-0.3, -0.25) is 0 Å². The second-order valence-corrected chi connectivity index (χ2v) is 15.9. The highest BCUT2D eigenvalue weighted by atomic mass is 15.0. The molecule has 12 rings (SSSR count). The number of hydrogen-bond acceptors (Lipinski definition) is 3. The third-order valence-electron chi connectivity index (χ3n) is 12.6. The average molecular weight is 776 g/mol.